The third-order valence-corrected chi connectivity index (χ3v) is 3.78. The van der Waals surface area contributed by atoms with Crippen LogP contribution in [0.15, 0.2) is 18.3 Å². The molecule has 104 valence electrons. The Kier molecular flexibility index (Phi) is 4.66. The van der Waals surface area contributed by atoms with Gasteiger partial charge in [-0.25, -0.2) is 9.37 Å². The van der Waals surface area contributed by atoms with Crippen LogP contribution in [0.5, 0.6) is 0 Å². The Morgan fingerprint density at radius 1 is 1.47 bits per heavy atom. The molecule has 0 bridgehead atoms. The van der Waals surface area contributed by atoms with Gasteiger partial charge in [-0.05, 0) is 18.6 Å². The number of hydrogen-bond acceptors (Lipinski definition) is 4. The maximum Gasteiger partial charge on any atom is 0.165 e. The van der Waals surface area contributed by atoms with Gasteiger partial charge in [-0.1, -0.05) is 19.1 Å². The smallest absolute Gasteiger partial charge is 0.165 e. The second-order valence-electron chi connectivity index (χ2n) is 4.66. The number of halogens is 1. The molecule has 4 nitrogen and oxygen atoms in total. The zero-order valence-corrected chi connectivity index (χ0v) is 11.9. The Balaban J connectivity index is 2.00. The first-order valence-electron chi connectivity index (χ1n) is 6.52. The van der Waals surface area contributed by atoms with Crippen molar-refractivity contribution in [3.8, 4) is 0 Å². The van der Waals surface area contributed by atoms with Gasteiger partial charge in [0, 0.05) is 32.4 Å². The maximum absolute atomic E-state index is 13.7. The Labute approximate surface area is 118 Å². The van der Waals surface area contributed by atoms with E-state index in [1.54, 1.807) is 12.3 Å². The number of thiocarbonyl (C=S) groups is 1. The van der Waals surface area contributed by atoms with Gasteiger partial charge in [0.2, 0.25) is 0 Å². The van der Waals surface area contributed by atoms with E-state index in [4.69, 9.17) is 18.0 Å². The molecule has 2 heterocycles. The van der Waals surface area contributed by atoms with Gasteiger partial charge in [0.15, 0.2) is 11.6 Å². The standard InChI is InChI=1S/C13H19FN4S/c1-2-11(12(15)19)17-6-8-18(9-7-17)13-10(14)4-3-5-16-13/h3-5,11H,2,6-9H2,1H3,(H2,15,19). The molecule has 1 aliphatic rings. The molecule has 1 aliphatic heterocycles. The maximum atomic E-state index is 13.7. The molecule has 1 fully saturated rings. The van der Waals surface area contributed by atoms with Crippen molar-refractivity contribution in [2.75, 3.05) is 31.1 Å². The topological polar surface area (TPSA) is 45.4 Å². The zero-order valence-electron chi connectivity index (χ0n) is 11.1. The molecule has 1 atom stereocenters. The first-order chi connectivity index (χ1) is 9.13. The van der Waals surface area contributed by atoms with Gasteiger partial charge in [-0.3, -0.25) is 4.90 Å². The summed E-state index contributed by atoms with van der Waals surface area (Å²) in [6.07, 6.45) is 2.53. The zero-order chi connectivity index (χ0) is 13.8. The van der Waals surface area contributed by atoms with E-state index >= 15 is 0 Å². The number of piperazine rings is 1. The fraction of sp³-hybridized carbons (Fsp3) is 0.538. The second-order valence-corrected chi connectivity index (χ2v) is 5.13. The Morgan fingerprint density at radius 3 is 2.68 bits per heavy atom. The molecular weight excluding hydrogens is 263 g/mol. The molecule has 1 aromatic rings. The van der Waals surface area contributed by atoms with E-state index in [0.29, 0.717) is 10.8 Å². The van der Waals surface area contributed by atoms with E-state index in [-0.39, 0.29) is 11.9 Å². The molecule has 0 aliphatic carbocycles. The summed E-state index contributed by atoms with van der Waals surface area (Å²) < 4.78 is 13.7. The minimum atomic E-state index is -0.266. The SMILES string of the molecule is CCC(C(N)=S)N1CCN(c2ncccc2F)CC1. The molecular formula is C13H19FN4S. The summed E-state index contributed by atoms with van der Waals surface area (Å²) >= 11 is 5.09. The van der Waals surface area contributed by atoms with Crippen LogP contribution in [-0.4, -0.2) is 47.1 Å². The lowest BCUT2D eigenvalue weighted by Gasteiger charge is -2.39. The molecule has 0 amide bonds. The summed E-state index contributed by atoms with van der Waals surface area (Å²) in [5.74, 6) is 0.169. The molecule has 2 N–H and O–H groups in total. The Bertz CT molecular complexity index is 446. The van der Waals surface area contributed by atoms with E-state index < -0.39 is 0 Å². The van der Waals surface area contributed by atoms with Crippen LogP contribution in [0.4, 0.5) is 10.2 Å². The molecule has 6 heteroatoms. The highest BCUT2D eigenvalue weighted by Crippen LogP contribution is 2.18. The third kappa shape index (κ3) is 3.19. The molecule has 1 unspecified atom stereocenters. The number of nitrogens with two attached hydrogens (primary N) is 1. The first-order valence-corrected chi connectivity index (χ1v) is 6.93. The quantitative estimate of drug-likeness (QED) is 0.846. The van der Waals surface area contributed by atoms with Crippen molar-refractivity contribution in [2.45, 2.75) is 19.4 Å². The number of anilines is 1. The monoisotopic (exact) mass is 282 g/mol. The van der Waals surface area contributed by atoms with Crippen molar-refractivity contribution >= 4 is 23.0 Å². The number of hydrogen-bond donors (Lipinski definition) is 1. The second kappa shape index (κ2) is 6.25. The van der Waals surface area contributed by atoms with Gasteiger partial charge in [0.25, 0.3) is 0 Å². The molecule has 0 aromatic carbocycles. The van der Waals surface area contributed by atoms with Crippen molar-refractivity contribution in [3.63, 3.8) is 0 Å². The predicted molar refractivity (Wildman–Crippen MR) is 78.8 cm³/mol. The van der Waals surface area contributed by atoms with Crippen LogP contribution in [0, 0.1) is 5.82 Å². The molecule has 19 heavy (non-hydrogen) atoms. The van der Waals surface area contributed by atoms with Gasteiger partial charge in [-0.2, -0.15) is 0 Å². The van der Waals surface area contributed by atoms with Gasteiger partial charge in [0.05, 0.1) is 11.0 Å². The Morgan fingerprint density at radius 2 is 2.16 bits per heavy atom. The average Bonchev–Trinajstić information content (AvgIpc) is 2.41. The van der Waals surface area contributed by atoms with Gasteiger partial charge in [0.1, 0.15) is 0 Å². The van der Waals surface area contributed by atoms with Crippen LogP contribution in [-0.2, 0) is 0 Å². The minimum absolute atomic E-state index is 0.144. The van der Waals surface area contributed by atoms with Crippen LogP contribution in [0.1, 0.15) is 13.3 Å². The fourth-order valence-electron chi connectivity index (χ4n) is 2.49. The van der Waals surface area contributed by atoms with Crippen molar-refractivity contribution in [2.24, 2.45) is 5.73 Å². The molecule has 2 rings (SSSR count). The van der Waals surface area contributed by atoms with E-state index in [0.717, 1.165) is 32.6 Å². The first kappa shape index (κ1) is 14.1. The average molecular weight is 282 g/mol. The van der Waals surface area contributed by atoms with Crippen LogP contribution < -0.4 is 10.6 Å². The number of pyridine rings is 1. The van der Waals surface area contributed by atoms with Crippen LogP contribution in [0.3, 0.4) is 0 Å². The van der Waals surface area contributed by atoms with E-state index in [1.807, 2.05) is 4.90 Å². The van der Waals surface area contributed by atoms with E-state index in [9.17, 15) is 4.39 Å². The van der Waals surface area contributed by atoms with Crippen LogP contribution in [0.2, 0.25) is 0 Å². The van der Waals surface area contributed by atoms with Crippen LogP contribution in [0.25, 0.3) is 0 Å². The largest absolute Gasteiger partial charge is 0.392 e. The normalized spacial score (nSPS) is 18.3. The fourth-order valence-corrected chi connectivity index (χ4v) is 2.81. The summed E-state index contributed by atoms with van der Waals surface area (Å²) in [7, 11) is 0. The highest BCUT2D eigenvalue weighted by molar-refractivity contribution is 7.80. The highest BCUT2D eigenvalue weighted by atomic mass is 32.1. The molecule has 0 radical (unpaired) electrons. The van der Waals surface area contributed by atoms with Crippen molar-refractivity contribution < 1.29 is 4.39 Å². The number of aromatic nitrogens is 1. The lowest BCUT2D eigenvalue weighted by molar-refractivity contribution is 0.223. The summed E-state index contributed by atoms with van der Waals surface area (Å²) in [4.78, 5) is 8.88. The summed E-state index contributed by atoms with van der Waals surface area (Å²) in [5, 5.41) is 0. The number of nitrogens with zero attached hydrogens (tertiary/aromatic N) is 3. The van der Waals surface area contributed by atoms with Gasteiger partial charge >= 0.3 is 0 Å². The predicted octanol–water partition coefficient (Wildman–Crippen LogP) is 1.41. The lowest BCUT2D eigenvalue weighted by atomic mass is 10.1. The van der Waals surface area contributed by atoms with Crippen LogP contribution >= 0.6 is 12.2 Å². The summed E-state index contributed by atoms with van der Waals surface area (Å²) in [6, 6.07) is 3.19. The van der Waals surface area contributed by atoms with E-state index in [1.165, 1.54) is 6.07 Å². The van der Waals surface area contributed by atoms with Gasteiger partial charge in [-0.15, -0.1) is 0 Å². The molecule has 0 spiro atoms. The van der Waals surface area contributed by atoms with Crippen molar-refractivity contribution in [1.82, 2.24) is 9.88 Å². The highest BCUT2D eigenvalue weighted by Gasteiger charge is 2.25. The van der Waals surface area contributed by atoms with Crippen molar-refractivity contribution in [1.29, 1.82) is 0 Å². The van der Waals surface area contributed by atoms with E-state index in [2.05, 4.69) is 16.8 Å². The number of rotatable bonds is 4. The minimum Gasteiger partial charge on any atom is -0.392 e. The molecule has 1 saturated heterocycles. The van der Waals surface area contributed by atoms with Gasteiger partial charge < -0.3 is 10.6 Å². The van der Waals surface area contributed by atoms with Crippen molar-refractivity contribution in [3.05, 3.63) is 24.1 Å². The summed E-state index contributed by atoms with van der Waals surface area (Å²) in [5.41, 5.74) is 5.75. The lowest BCUT2D eigenvalue weighted by Crippen LogP contribution is -2.53. The Hall–Kier alpha value is -1.27. The third-order valence-electron chi connectivity index (χ3n) is 3.51. The molecule has 1 aromatic heterocycles. The molecule has 0 saturated carbocycles. The summed E-state index contributed by atoms with van der Waals surface area (Å²) in [6.45, 7) is 5.21.